The van der Waals surface area contributed by atoms with Crippen molar-refractivity contribution in [3.05, 3.63) is 35.9 Å². The number of aliphatic imine (C=N–C) groups is 1. The number of likely N-dealkylation sites (tertiary alicyclic amines) is 1. The second kappa shape index (κ2) is 39.7. The van der Waals surface area contributed by atoms with Crippen molar-refractivity contribution in [2.45, 2.75) is 198 Å². The fourth-order valence-corrected chi connectivity index (χ4v) is 9.43. The van der Waals surface area contributed by atoms with E-state index in [0.29, 0.717) is 5.56 Å². The van der Waals surface area contributed by atoms with Gasteiger partial charge in [0.1, 0.15) is 66.5 Å². The highest BCUT2D eigenvalue weighted by Crippen LogP contribution is 2.22. The Bertz CT molecular complexity index is 2880. The molecule has 0 aromatic heterocycles. The molecule has 13 atom stereocenters. The standard InChI is InChI=1S/C58H92N16O20/c1-27(2)23-37(69-54(90)44(28(3)4)72-50(86)34(15-11-21-63-58(61)62)67-49(85)35(18-19-41(60)77)66-48(84)33(59)17-20-42(78)79)56(92)74-22-12-16-40(74)53(89)71-39(26-75)52(88)73-45(31(7)76)55(91)68-36(24-32-13-9-8-10-14-32)51(87)65-29(5)46(82)64-30(6)47(83)70-38(57(93)94)25-43(80)81/h8-10,13-14,27-31,33-40,44-45,75-76H,11-12,15-26,59H2,1-7H3,(H2,60,77)(H,64,82)(H,65,87)(H,66,84)(H,67,85)(H,68,91)(H,69,90)(H,70,83)(H,71,89)(H,72,86)(H,73,88)(H,78,79)(H,80,81)(H,93,94)(H4,61,62,63)/t29-,30-,31+,33-,34-,35-,36-,37-,38-,39-,40-,44-,45-/m0/s1. The topological polar surface area (TPSA) is 597 Å². The molecular weight excluding hydrogens is 1240 g/mol. The van der Waals surface area contributed by atoms with Gasteiger partial charge < -0.3 is 107 Å². The number of nitrogens with zero attached hydrogens (tertiary/aromatic N) is 2. The number of hydrogen-bond donors (Lipinski definition) is 19. The number of rotatable bonds is 41. The Kier molecular flexibility index (Phi) is 34.0. The number of carboxylic acid groups (broad SMARTS) is 3. The summed E-state index contributed by atoms with van der Waals surface area (Å²) in [5, 5.41) is 72.5. The van der Waals surface area contributed by atoms with Crippen molar-refractivity contribution in [3.8, 4) is 0 Å². The van der Waals surface area contributed by atoms with Gasteiger partial charge in [-0.2, -0.15) is 0 Å². The van der Waals surface area contributed by atoms with Crippen LogP contribution in [0.25, 0.3) is 0 Å². The number of carboxylic acids is 3. The molecule has 1 aliphatic heterocycles. The van der Waals surface area contributed by atoms with E-state index in [2.05, 4.69) is 52.8 Å². The van der Waals surface area contributed by atoms with Gasteiger partial charge in [-0.25, -0.2) is 4.79 Å². The molecule has 0 spiro atoms. The summed E-state index contributed by atoms with van der Waals surface area (Å²) in [6, 6.07) is -10.2. The van der Waals surface area contributed by atoms with Gasteiger partial charge in [-0.3, -0.25) is 72.1 Å². The number of guanidine groups is 1. The Morgan fingerprint density at radius 1 is 0.564 bits per heavy atom. The number of carbonyl (C=O) groups excluding carboxylic acids is 12. The molecule has 0 radical (unpaired) electrons. The van der Waals surface area contributed by atoms with Crippen molar-refractivity contribution in [2.24, 2.45) is 39.8 Å². The minimum absolute atomic E-state index is 0.00120. The highest BCUT2D eigenvalue weighted by molar-refractivity contribution is 6.00. The maximum absolute atomic E-state index is 14.6. The minimum Gasteiger partial charge on any atom is -0.481 e. The summed E-state index contributed by atoms with van der Waals surface area (Å²) in [7, 11) is 0. The molecule has 0 unspecified atom stereocenters. The van der Waals surface area contributed by atoms with Crippen LogP contribution in [0.15, 0.2) is 35.3 Å². The van der Waals surface area contributed by atoms with Crippen LogP contribution in [0.2, 0.25) is 0 Å². The Balaban J connectivity index is 2.34. The number of primary amides is 1. The number of nitrogens with two attached hydrogens (primary N) is 4. The van der Waals surface area contributed by atoms with Gasteiger partial charge in [-0.15, -0.1) is 0 Å². The van der Waals surface area contributed by atoms with Crippen molar-refractivity contribution in [1.29, 1.82) is 0 Å². The molecule has 524 valence electrons. The molecule has 1 aliphatic rings. The van der Waals surface area contributed by atoms with Crippen LogP contribution < -0.4 is 76.1 Å². The summed E-state index contributed by atoms with van der Waals surface area (Å²) in [6.07, 6.45) is -4.26. The highest BCUT2D eigenvalue weighted by Gasteiger charge is 2.42. The van der Waals surface area contributed by atoms with Gasteiger partial charge in [0, 0.05) is 32.4 Å². The number of aliphatic hydroxyl groups excluding tert-OH is 2. The van der Waals surface area contributed by atoms with Crippen LogP contribution in [0, 0.1) is 11.8 Å². The van der Waals surface area contributed by atoms with Crippen molar-refractivity contribution >= 4 is 94.8 Å². The summed E-state index contributed by atoms with van der Waals surface area (Å²) < 4.78 is 0. The lowest BCUT2D eigenvalue weighted by Gasteiger charge is -2.32. The van der Waals surface area contributed by atoms with Crippen molar-refractivity contribution in [2.75, 3.05) is 19.7 Å². The predicted octanol–water partition coefficient (Wildman–Crippen LogP) is -6.75. The Morgan fingerprint density at radius 3 is 1.62 bits per heavy atom. The van der Waals surface area contributed by atoms with Crippen molar-refractivity contribution in [1.82, 2.24) is 58.1 Å². The zero-order valence-corrected chi connectivity index (χ0v) is 53.5. The largest absolute Gasteiger partial charge is 0.481 e. The highest BCUT2D eigenvalue weighted by atomic mass is 16.4. The summed E-state index contributed by atoms with van der Waals surface area (Å²) >= 11 is 0. The van der Waals surface area contributed by atoms with Gasteiger partial charge in [0.05, 0.1) is 25.2 Å². The van der Waals surface area contributed by atoms with E-state index >= 15 is 0 Å². The van der Waals surface area contributed by atoms with Crippen molar-refractivity contribution < 1.29 is 97.5 Å². The molecule has 1 aromatic rings. The summed E-state index contributed by atoms with van der Waals surface area (Å²) in [5.74, 6) is -17.3. The first-order valence-corrected chi connectivity index (χ1v) is 30.4. The second-order valence-corrected chi connectivity index (χ2v) is 23.4. The molecule has 0 saturated carbocycles. The van der Waals surface area contributed by atoms with Crippen LogP contribution in [0.4, 0.5) is 0 Å². The maximum Gasteiger partial charge on any atom is 0.326 e. The van der Waals surface area contributed by atoms with Crippen LogP contribution in [0.3, 0.4) is 0 Å². The average Bonchev–Trinajstić information content (AvgIpc) is 1.56. The van der Waals surface area contributed by atoms with Gasteiger partial charge in [0.25, 0.3) is 0 Å². The summed E-state index contributed by atoms with van der Waals surface area (Å²) in [6.45, 7) is 9.01. The molecule has 1 fully saturated rings. The van der Waals surface area contributed by atoms with E-state index in [9.17, 15) is 87.2 Å². The molecule has 94 heavy (non-hydrogen) atoms. The maximum atomic E-state index is 14.6. The van der Waals surface area contributed by atoms with E-state index < -0.39 is 199 Å². The first-order chi connectivity index (χ1) is 44.0. The zero-order chi connectivity index (χ0) is 71.3. The SMILES string of the molecule is CC(C)C[C@H](NC(=O)[C@@H](NC(=O)[C@H](CCCN=C(N)N)NC(=O)[C@H](CCC(N)=O)NC(=O)[C@@H](N)CCC(=O)O)C(C)C)C(=O)N1CCC[C@H]1C(=O)N[C@@H](CO)C(=O)N[C@H](C(=O)N[C@@H](Cc1ccccc1)C(=O)N[C@@H](C)C(=O)N[C@@H](C)C(=O)N[C@@H](CC(=O)O)C(=O)O)[C@@H](C)O. The molecule has 36 heteroatoms. The molecule has 2 rings (SSSR count). The molecule has 0 aliphatic carbocycles. The van der Waals surface area contributed by atoms with Crippen LogP contribution in [-0.2, 0) is 78.3 Å². The van der Waals surface area contributed by atoms with E-state index in [0.717, 1.165) is 6.92 Å². The third-order valence-electron chi connectivity index (χ3n) is 14.6. The van der Waals surface area contributed by atoms with Crippen LogP contribution in [-0.4, -0.2) is 223 Å². The molecule has 0 bridgehead atoms. The number of aliphatic carboxylic acids is 3. The zero-order valence-electron chi connectivity index (χ0n) is 53.5. The Hall–Kier alpha value is -9.58. The predicted molar refractivity (Wildman–Crippen MR) is 332 cm³/mol. The minimum atomic E-state index is -1.87. The summed E-state index contributed by atoms with van der Waals surface area (Å²) in [5.41, 5.74) is 22.6. The molecule has 1 heterocycles. The fraction of sp³-hybridized carbons (Fsp3) is 0.621. The average molecular weight is 1330 g/mol. The quantitative estimate of drug-likeness (QED) is 0.0165. The van der Waals surface area contributed by atoms with Crippen LogP contribution >= 0.6 is 0 Å². The number of aliphatic hydroxyl groups is 2. The van der Waals surface area contributed by atoms with Gasteiger partial charge >= 0.3 is 17.9 Å². The first-order valence-electron chi connectivity index (χ1n) is 30.4. The molecular formula is C58H92N16O20. The number of nitrogens with one attached hydrogen (secondary N) is 10. The number of benzene rings is 1. The first kappa shape index (κ1) is 80.5. The monoisotopic (exact) mass is 1330 g/mol. The molecule has 23 N–H and O–H groups in total. The Labute approximate surface area is 541 Å². The molecule has 1 aromatic carbocycles. The van der Waals surface area contributed by atoms with E-state index in [1.807, 2.05) is 5.32 Å². The number of hydrogen-bond acceptors (Lipinski definition) is 19. The number of carbonyl (C=O) groups is 15. The smallest absolute Gasteiger partial charge is 0.326 e. The van der Waals surface area contributed by atoms with Crippen molar-refractivity contribution in [3.63, 3.8) is 0 Å². The second-order valence-electron chi connectivity index (χ2n) is 23.4. The lowest BCUT2D eigenvalue weighted by atomic mass is 9.98. The molecule has 1 saturated heterocycles. The van der Waals surface area contributed by atoms with E-state index in [1.54, 1.807) is 58.0 Å². The lowest BCUT2D eigenvalue weighted by molar-refractivity contribution is -0.147. The normalized spacial score (nSPS) is 16.6. The third kappa shape index (κ3) is 28.1. The van der Waals surface area contributed by atoms with Crippen LogP contribution in [0.5, 0.6) is 0 Å². The molecule has 36 nitrogen and oxygen atoms in total. The number of amides is 12. The van der Waals surface area contributed by atoms with Gasteiger partial charge in [0.2, 0.25) is 70.9 Å². The van der Waals surface area contributed by atoms with Gasteiger partial charge in [-0.05, 0) is 83.1 Å². The molecule has 12 amide bonds. The lowest BCUT2D eigenvalue weighted by Crippen LogP contribution is -2.62. The third-order valence-corrected chi connectivity index (χ3v) is 14.6. The van der Waals surface area contributed by atoms with E-state index in [1.165, 1.54) is 18.7 Å². The van der Waals surface area contributed by atoms with Gasteiger partial charge in [0.15, 0.2) is 5.96 Å². The Morgan fingerprint density at radius 2 is 1.07 bits per heavy atom. The van der Waals surface area contributed by atoms with E-state index in [-0.39, 0.29) is 76.3 Å². The summed E-state index contributed by atoms with van der Waals surface area (Å²) in [4.78, 5) is 202. The van der Waals surface area contributed by atoms with Gasteiger partial charge in [-0.1, -0.05) is 58.0 Å². The fourth-order valence-electron chi connectivity index (χ4n) is 9.43. The van der Waals surface area contributed by atoms with Crippen LogP contribution in [0.1, 0.15) is 118 Å². The van der Waals surface area contributed by atoms with E-state index in [4.69, 9.17) is 33.1 Å².